The van der Waals surface area contributed by atoms with Crippen molar-refractivity contribution in [2.45, 2.75) is 39.5 Å². The molecule has 0 aliphatic heterocycles. The molecule has 0 saturated carbocycles. The summed E-state index contributed by atoms with van der Waals surface area (Å²) >= 11 is 0. The summed E-state index contributed by atoms with van der Waals surface area (Å²) in [6.07, 6.45) is 2.52. The van der Waals surface area contributed by atoms with E-state index in [0.29, 0.717) is 12.3 Å². The lowest BCUT2D eigenvalue weighted by atomic mass is 9.98. The summed E-state index contributed by atoms with van der Waals surface area (Å²) in [4.78, 5) is 21.9. The Morgan fingerprint density at radius 1 is 1.38 bits per heavy atom. The molecule has 0 rings (SSSR count). The first-order valence-electron chi connectivity index (χ1n) is 4.68. The summed E-state index contributed by atoms with van der Waals surface area (Å²) in [5, 5.41) is 0. The van der Waals surface area contributed by atoms with Crippen molar-refractivity contribution in [2.75, 3.05) is 7.11 Å². The molecule has 13 heavy (non-hydrogen) atoms. The number of hydrogen-bond donors (Lipinski definition) is 0. The van der Waals surface area contributed by atoms with Crippen LogP contribution in [0.15, 0.2) is 0 Å². The molecule has 0 aliphatic carbocycles. The lowest BCUT2D eigenvalue weighted by molar-refractivity contribution is -0.143. The van der Waals surface area contributed by atoms with Gasteiger partial charge in [0.2, 0.25) is 0 Å². The molecule has 0 amide bonds. The number of rotatable bonds is 6. The van der Waals surface area contributed by atoms with E-state index < -0.39 is 5.97 Å². The first-order valence-corrected chi connectivity index (χ1v) is 4.68. The molecular formula is C10H18O3. The van der Waals surface area contributed by atoms with Gasteiger partial charge in [-0.25, -0.2) is 0 Å². The van der Waals surface area contributed by atoms with E-state index in [0.717, 1.165) is 12.8 Å². The maximum atomic E-state index is 11.2. The fourth-order valence-electron chi connectivity index (χ4n) is 1.29. The molecule has 3 nitrogen and oxygen atoms in total. The largest absolute Gasteiger partial charge is 0.469 e. The molecule has 0 aromatic carbocycles. The van der Waals surface area contributed by atoms with E-state index in [1.807, 2.05) is 6.92 Å². The van der Waals surface area contributed by atoms with E-state index in [-0.39, 0.29) is 12.2 Å². The van der Waals surface area contributed by atoms with Crippen molar-refractivity contribution in [3.05, 3.63) is 0 Å². The van der Waals surface area contributed by atoms with Gasteiger partial charge in [-0.15, -0.1) is 0 Å². The number of hydrogen-bond acceptors (Lipinski definition) is 3. The van der Waals surface area contributed by atoms with Gasteiger partial charge in [0.15, 0.2) is 0 Å². The van der Waals surface area contributed by atoms with E-state index in [1.54, 1.807) is 0 Å². The molecule has 0 aromatic heterocycles. The first-order chi connectivity index (χ1) is 6.10. The van der Waals surface area contributed by atoms with Gasteiger partial charge in [0.05, 0.1) is 7.11 Å². The van der Waals surface area contributed by atoms with Gasteiger partial charge < -0.3 is 4.74 Å². The highest BCUT2D eigenvalue weighted by Gasteiger charge is 2.12. The molecule has 0 aliphatic rings. The normalized spacial score (nSPS) is 12.2. The van der Waals surface area contributed by atoms with Crippen LogP contribution in [0.3, 0.4) is 0 Å². The van der Waals surface area contributed by atoms with Gasteiger partial charge in [0.1, 0.15) is 12.2 Å². The molecule has 0 aromatic rings. The number of methoxy groups -OCH3 is 1. The lowest BCUT2D eigenvalue weighted by Crippen LogP contribution is -2.12. The molecule has 0 bridgehead atoms. The third-order valence-corrected chi connectivity index (χ3v) is 1.93. The van der Waals surface area contributed by atoms with Gasteiger partial charge >= 0.3 is 5.97 Å². The monoisotopic (exact) mass is 186 g/mol. The second-order valence-corrected chi connectivity index (χ2v) is 3.39. The molecule has 0 fully saturated rings. The molecule has 0 spiro atoms. The van der Waals surface area contributed by atoms with E-state index in [4.69, 9.17) is 0 Å². The van der Waals surface area contributed by atoms with Crippen molar-refractivity contribution in [3.63, 3.8) is 0 Å². The van der Waals surface area contributed by atoms with Crippen LogP contribution < -0.4 is 0 Å². The topological polar surface area (TPSA) is 43.4 Å². The molecule has 0 N–H and O–H groups in total. The van der Waals surface area contributed by atoms with E-state index in [9.17, 15) is 9.59 Å². The SMILES string of the molecule is CCC[C@H](C)CC(=O)CC(=O)OC. The zero-order valence-electron chi connectivity index (χ0n) is 8.63. The Hall–Kier alpha value is -0.860. The van der Waals surface area contributed by atoms with Gasteiger partial charge in [-0.05, 0) is 5.92 Å². The van der Waals surface area contributed by atoms with Crippen molar-refractivity contribution in [3.8, 4) is 0 Å². The van der Waals surface area contributed by atoms with E-state index in [2.05, 4.69) is 11.7 Å². The van der Waals surface area contributed by atoms with Crippen molar-refractivity contribution >= 4 is 11.8 Å². The number of ketones is 1. The molecule has 3 heteroatoms. The summed E-state index contributed by atoms with van der Waals surface area (Å²) in [6.45, 7) is 4.11. The van der Waals surface area contributed by atoms with Crippen LogP contribution in [0.5, 0.6) is 0 Å². The highest BCUT2D eigenvalue weighted by molar-refractivity contribution is 5.95. The van der Waals surface area contributed by atoms with E-state index in [1.165, 1.54) is 7.11 Å². The first kappa shape index (κ1) is 12.1. The van der Waals surface area contributed by atoms with Crippen LogP contribution in [0, 0.1) is 5.92 Å². The van der Waals surface area contributed by atoms with Gasteiger partial charge in [-0.1, -0.05) is 26.7 Å². The summed E-state index contributed by atoms with van der Waals surface area (Å²) in [6, 6.07) is 0. The Labute approximate surface area is 79.5 Å². The van der Waals surface area contributed by atoms with Crippen molar-refractivity contribution in [2.24, 2.45) is 5.92 Å². The van der Waals surface area contributed by atoms with Crippen LogP contribution in [-0.2, 0) is 14.3 Å². The Bertz CT molecular complexity index is 175. The van der Waals surface area contributed by atoms with Crippen molar-refractivity contribution in [1.29, 1.82) is 0 Å². The second kappa shape index (κ2) is 6.63. The minimum atomic E-state index is -0.436. The number of esters is 1. The molecule has 0 radical (unpaired) electrons. The smallest absolute Gasteiger partial charge is 0.313 e. The van der Waals surface area contributed by atoms with Gasteiger partial charge in [0.25, 0.3) is 0 Å². The third kappa shape index (κ3) is 6.31. The van der Waals surface area contributed by atoms with Crippen LogP contribution in [0.4, 0.5) is 0 Å². The summed E-state index contributed by atoms with van der Waals surface area (Å²) in [5.74, 6) is -0.0799. The Morgan fingerprint density at radius 2 is 2.00 bits per heavy atom. The summed E-state index contributed by atoms with van der Waals surface area (Å²) in [7, 11) is 1.30. The maximum absolute atomic E-state index is 11.2. The molecular weight excluding hydrogens is 168 g/mol. The fraction of sp³-hybridized carbons (Fsp3) is 0.800. The minimum Gasteiger partial charge on any atom is -0.469 e. The standard InChI is InChI=1S/C10H18O3/c1-4-5-8(2)6-9(11)7-10(12)13-3/h8H,4-7H2,1-3H3/t8-/m0/s1. The van der Waals surface area contributed by atoms with Crippen LogP contribution in [-0.4, -0.2) is 18.9 Å². The number of Topliss-reactive ketones (excluding diaryl/α,β-unsaturated/α-hetero) is 1. The Kier molecular flexibility index (Phi) is 6.20. The predicted octanol–water partition coefficient (Wildman–Crippen LogP) is 1.94. The molecule has 0 heterocycles. The van der Waals surface area contributed by atoms with E-state index >= 15 is 0 Å². The second-order valence-electron chi connectivity index (χ2n) is 3.39. The fourth-order valence-corrected chi connectivity index (χ4v) is 1.29. The van der Waals surface area contributed by atoms with Crippen molar-refractivity contribution in [1.82, 2.24) is 0 Å². The zero-order valence-corrected chi connectivity index (χ0v) is 8.63. The van der Waals surface area contributed by atoms with Crippen LogP contribution in [0.1, 0.15) is 39.5 Å². The Balaban J connectivity index is 3.67. The van der Waals surface area contributed by atoms with Gasteiger partial charge in [-0.2, -0.15) is 0 Å². The molecule has 0 unspecified atom stereocenters. The summed E-state index contributed by atoms with van der Waals surface area (Å²) < 4.78 is 4.40. The van der Waals surface area contributed by atoms with Crippen LogP contribution >= 0.6 is 0 Å². The quantitative estimate of drug-likeness (QED) is 0.470. The number of carbonyl (C=O) groups is 2. The average Bonchev–Trinajstić information content (AvgIpc) is 2.04. The average molecular weight is 186 g/mol. The number of carbonyl (C=O) groups excluding carboxylic acids is 2. The minimum absolute atomic E-state index is 0.0206. The van der Waals surface area contributed by atoms with Crippen molar-refractivity contribution < 1.29 is 14.3 Å². The number of ether oxygens (including phenoxy) is 1. The molecule has 0 saturated heterocycles. The predicted molar refractivity (Wildman–Crippen MR) is 50.3 cm³/mol. The lowest BCUT2D eigenvalue weighted by Gasteiger charge is -2.07. The van der Waals surface area contributed by atoms with Gasteiger partial charge in [0, 0.05) is 6.42 Å². The highest BCUT2D eigenvalue weighted by atomic mass is 16.5. The maximum Gasteiger partial charge on any atom is 0.313 e. The third-order valence-electron chi connectivity index (χ3n) is 1.93. The van der Waals surface area contributed by atoms with Crippen LogP contribution in [0.25, 0.3) is 0 Å². The highest BCUT2D eigenvalue weighted by Crippen LogP contribution is 2.11. The zero-order chi connectivity index (χ0) is 10.3. The summed E-state index contributed by atoms with van der Waals surface area (Å²) in [5.41, 5.74) is 0. The van der Waals surface area contributed by atoms with Gasteiger partial charge in [-0.3, -0.25) is 9.59 Å². The molecule has 1 atom stereocenters. The Morgan fingerprint density at radius 3 is 2.46 bits per heavy atom. The van der Waals surface area contributed by atoms with Crippen LogP contribution in [0.2, 0.25) is 0 Å². The molecule has 76 valence electrons.